The first-order chi connectivity index (χ1) is 10.7. The number of rotatable bonds is 1. The van der Waals surface area contributed by atoms with Crippen LogP contribution in [0.25, 0.3) is 0 Å². The zero-order valence-corrected chi connectivity index (χ0v) is 13.0. The lowest BCUT2D eigenvalue weighted by Crippen LogP contribution is -2.62. The maximum Gasteiger partial charge on any atom is 0.330 e. The second kappa shape index (κ2) is 5.52. The van der Waals surface area contributed by atoms with Gasteiger partial charge < -0.3 is 19.3 Å². The summed E-state index contributed by atoms with van der Waals surface area (Å²) in [6, 6.07) is 0. The summed E-state index contributed by atoms with van der Waals surface area (Å²) in [5, 5.41) is 10.2. The molecule has 2 N–H and O–H groups in total. The van der Waals surface area contributed by atoms with Crippen LogP contribution < -0.4 is 11.2 Å². The molecule has 2 saturated heterocycles. The lowest BCUT2D eigenvalue weighted by molar-refractivity contribution is -0.358. The predicted molar refractivity (Wildman–Crippen MR) is 75.8 cm³/mol. The second-order valence-electron chi connectivity index (χ2n) is 6.27. The molecule has 0 saturated carbocycles. The molecule has 3 rings (SSSR count). The molecule has 2 aliphatic heterocycles. The highest BCUT2D eigenvalue weighted by atomic mass is 19.1. The fourth-order valence-corrected chi connectivity index (χ4v) is 2.82. The molecule has 1 aromatic heterocycles. The Morgan fingerprint density at radius 1 is 1.43 bits per heavy atom. The van der Waals surface area contributed by atoms with E-state index in [0.717, 1.165) is 4.57 Å². The van der Waals surface area contributed by atoms with Gasteiger partial charge in [0.2, 0.25) is 0 Å². The SMILES string of the molecule is Cc1cn([C@@H]2O[C@@H]3COC(C)(C)O[C@H]3[C@H](F)[C@H]2O)c(=O)[nH]c1=O. The lowest BCUT2D eigenvalue weighted by atomic mass is 9.97. The van der Waals surface area contributed by atoms with Gasteiger partial charge in [-0.2, -0.15) is 0 Å². The Balaban J connectivity index is 1.93. The number of aromatic amines is 1. The minimum atomic E-state index is -1.76. The van der Waals surface area contributed by atoms with E-state index in [4.69, 9.17) is 14.2 Å². The van der Waals surface area contributed by atoms with Gasteiger partial charge in [0.05, 0.1) is 6.61 Å². The number of aliphatic hydroxyl groups excluding tert-OH is 1. The number of H-pyrrole nitrogens is 1. The number of nitrogens with one attached hydrogen (secondary N) is 1. The number of alkyl halides is 1. The van der Waals surface area contributed by atoms with E-state index in [9.17, 15) is 19.1 Å². The predicted octanol–water partition coefficient (Wildman–Crippen LogP) is -0.407. The standard InChI is InChI=1S/C14H19FN2O6/c1-6-4-17(13(20)16-11(6)19)12-9(18)8(15)10-7(22-12)5-21-14(2,3)23-10/h4,7-10,12,18H,5H2,1-3H3,(H,16,19,20)/t7-,8-,9-,10-,12-/m1/s1. The van der Waals surface area contributed by atoms with Crippen LogP contribution in [0.3, 0.4) is 0 Å². The zero-order chi connectivity index (χ0) is 16.9. The number of ether oxygens (including phenoxy) is 3. The minimum absolute atomic E-state index is 0.0678. The first-order valence-electron chi connectivity index (χ1n) is 7.31. The van der Waals surface area contributed by atoms with E-state index in [-0.39, 0.29) is 12.2 Å². The van der Waals surface area contributed by atoms with Gasteiger partial charge in [0.25, 0.3) is 5.56 Å². The number of aliphatic hydroxyl groups is 1. The quantitative estimate of drug-likeness (QED) is 0.726. The first kappa shape index (κ1) is 16.3. The Bertz CT molecular complexity index is 712. The molecule has 0 amide bonds. The maximum atomic E-state index is 14.6. The molecule has 5 atom stereocenters. The van der Waals surface area contributed by atoms with Gasteiger partial charge in [0, 0.05) is 11.8 Å². The lowest BCUT2D eigenvalue weighted by Gasteiger charge is -2.48. The second-order valence-corrected chi connectivity index (χ2v) is 6.27. The van der Waals surface area contributed by atoms with Crippen molar-refractivity contribution in [3.8, 4) is 0 Å². The summed E-state index contributed by atoms with van der Waals surface area (Å²) in [6.07, 6.45) is -5.19. The average molecular weight is 330 g/mol. The van der Waals surface area contributed by atoms with Crippen molar-refractivity contribution in [2.45, 2.75) is 57.3 Å². The number of hydrogen-bond donors (Lipinski definition) is 2. The van der Waals surface area contributed by atoms with Crippen molar-refractivity contribution in [1.82, 2.24) is 9.55 Å². The van der Waals surface area contributed by atoms with Gasteiger partial charge in [-0.3, -0.25) is 14.3 Å². The summed E-state index contributed by atoms with van der Waals surface area (Å²) >= 11 is 0. The molecule has 8 nitrogen and oxygen atoms in total. The van der Waals surface area contributed by atoms with E-state index in [0.29, 0.717) is 0 Å². The summed E-state index contributed by atoms with van der Waals surface area (Å²) in [6.45, 7) is 4.85. The summed E-state index contributed by atoms with van der Waals surface area (Å²) in [4.78, 5) is 25.5. The highest BCUT2D eigenvalue weighted by Gasteiger charge is 2.52. The van der Waals surface area contributed by atoms with Crippen LogP contribution in [0.5, 0.6) is 0 Å². The van der Waals surface area contributed by atoms with E-state index < -0.39 is 47.7 Å². The van der Waals surface area contributed by atoms with Crippen molar-refractivity contribution in [3.63, 3.8) is 0 Å². The van der Waals surface area contributed by atoms with Crippen molar-refractivity contribution in [3.05, 3.63) is 32.6 Å². The summed E-state index contributed by atoms with van der Waals surface area (Å²) < 4.78 is 32.1. The van der Waals surface area contributed by atoms with Gasteiger partial charge in [-0.05, 0) is 20.8 Å². The molecular formula is C14H19FN2O6. The third-order valence-electron chi connectivity index (χ3n) is 4.05. The van der Waals surface area contributed by atoms with Crippen molar-refractivity contribution >= 4 is 0 Å². The van der Waals surface area contributed by atoms with E-state index in [2.05, 4.69) is 4.98 Å². The van der Waals surface area contributed by atoms with Crippen LogP contribution in [-0.4, -0.2) is 51.5 Å². The molecule has 3 heterocycles. The Labute approximate surface area is 130 Å². The van der Waals surface area contributed by atoms with Gasteiger partial charge >= 0.3 is 5.69 Å². The molecule has 0 radical (unpaired) electrons. The fourth-order valence-electron chi connectivity index (χ4n) is 2.82. The monoisotopic (exact) mass is 330 g/mol. The highest BCUT2D eigenvalue weighted by Crippen LogP contribution is 2.36. The Morgan fingerprint density at radius 2 is 2.13 bits per heavy atom. The first-order valence-corrected chi connectivity index (χ1v) is 7.31. The third-order valence-corrected chi connectivity index (χ3v) is 4.05. The zero-order valence-electron chi connectivity index (χ0n) is 13.0. The van der Waals surface area contributed by atoms with Gasteiger partial charge in [-0.15, -0.1) is 0 Å². The van der Waals surface area contributed by atoms with Crippen LogP contribution in [0, 0.1) is 6.92 Å². The number of nitrogens with zero attached hydrogens (tertiary/aromatic N) is 1. The molecular weight excluding hydrogens is 311 g/mol. The van der Waals surface area contributed by atoms with E-state index in [1.165, 1.54) is 13.1 Å². The van der Waals surface area contributed by atoms with Crippen LogP contribution in [-0.2, 0) is 14.2 Å². The highest BCUT2D eigenvalue weighted by molar-refractivity contribution is 5.03. The molecule has 128 valence electrons. The van der Waals surface area contributed by atoms with Gasteiger partial charge in [-0.25, -0.2) is 9.18 Å². The molecule has 0 aliphatic carbocycles. The summed E-state index contributed by atoms with van der Waals surface area (Å²) in [7, 11) is 0. The molecule has 9 heteroatoms. The van der Waals surface area contributed by atoms with Crippen molar-refractivity contribution < 1.29 is 23.7 Å². The van der Waals surface area contributed by atoms with E-state index in [1.54, 1.807) is 13.8 Å². The van der Waals surface area contributed by atoms with Gasteiger partial charge in [0.1, 0.15) is 18.3 Å². The normalized spacial score (nSPS) is 36.5. The fraction of sp³-hybridized carbons (Fsp3) is 0.714. The number of aryl methyl sites for hydroxylation is 1. The summed E-state index contributed by atoms with van der Waals surface area (Å²) in [5.41, 5.74) is -1.08. The van der Waals surface area contributed by atoms with E-state index in [1.807, 2.05) is 0 Å². The van der Waals surface area contributed by atoms with Gasteiger partial charge in [0.15, 0.2) is 18.2 Å². The molecule has 0 unspecified atom stereocenters. The molecule has 2 fully saturated rings. The van der Waals surface area contributed by atoms with Gasteiger partial charge in [-0.1, -0.05) is 0 Å². The molecule has 23 heavy (non-hydrogen) atoms. The topological polar surface area (TPSA) is 103 Å². The molecule has 0 bridgehead atoms. The third kappa shape index (κ3) is 2.85. The Kier molecular flexibility index (Phi) is 3.91. The van der Waals surface area contributed by atoms with Crippen molar-refractivity contribution in [2.75, 3.05) is 6.61 Å². The van der Waals surface area contributed by atoms with Crippen LogP contribution in [0.2, 0.25) is 0 Å². The minimum Gasteiger partial charge on any atom is -0.385 e. The molecule has 1 aromatic rings. The van der Waals surface area contributed by atoms with Crippen molar-refractivity contribution in [2.24, 2.45) is 0 Å². The van der Waals surface area contributed by atoms with Crippen LogP contribution in [0.1, 0.15) is 25.6 Å². The summed E-state index contributed by atoms with van der Waals surface area (Å²) in [5.74, 6) is -0.979. The van der Waals surface area contributed by atoms with Crippen LogP contribution in [0.4, 0.5) is 4.39 Å². The number of aromatic nitrogens is 2. The molecule has 0 aromatic carbocycles. The Hall–Kier alpha value is -1.55. The van der Waals surface area contributed by atoms with Crippen LogP contribution in [0.15, 0.2) is 15.8 Å². The maximum absolute atomic E-state index is 14.6. The molecule has 0 spiro atoms. The smallest absolute Gasteiger partial charge is 0.330 e. The number of hydrogen-bond acceptors (Lipinski definition) is 6. The largest absolute Gasteiger partial charge is 0.385 e. The number of fused-ring (bicyclic) bond motifs is 1. The van der Waals surface area contributed by atoms with E-state index >= 15 is 0 Å². The Morgan fingerprint density at radius 3 is 2.83 bits per heavy atom. The number of halogens is 1. The molecule has 2 aliphatic rings. The average Bonchev–Trinajstić information content (AvgIpc) is 2.47. The van der Waals surface area contributed by atoms with Crippen molar-refractivity contribution in [1.29, 1.82) is 0 Å². The van der Waals surface area contributed by atoms with Crippen LogP contribution >= 0.6 is 0 Å².